The summed E-state index contributed by atoms with van der Waals surface area (Å²) in [4.78, 5) is 11.0. The van der Waals surface area contributed by atoms with Crippen LogP contribution in [0.25, 0.3) is 0 Å². The summed E-state index contributed by atoms with van der Waals surface area (Å²) in [6.07, 6.45) is 2.01. The molecule has 0 radical (unpaired) electrons. The minimum absolute atomic E-state index is 0.00245. The van der Waals surface area contributed by atoms with Gasteiger partial charge < -0.3 is 14.2 Å². The summed E-state index contributed by atoms with van der Waals surface area (Å²) >= 11 is 0. The number of alkyl halides is 1. The molecule has 3 aliphatic heterocycles. The molecule has 1 N–H and O–H groups in total. The van der Waals surface area contributed by atoms with Gasteiger partial charge in [0.05, 0.1) is 11.2 Å². The molecule has 2 fully saturated rings. The Bertz CT molecular complexity index is 1110. The second-order valence-electron chi connectivity index (χ2n) is 8.88. The van der Waals surface area contributed by atoms with Gasteiger partial charge >= 0.3 is 16.1 Å². The highest BCUT2D eigenvalue weighted by molar-refractivity contribution is 7.87. The second kappa shape index (κ2) is 8.24. The predicted molar refractivity (Wildman–Crippen MR) is 115 cm³/mol. The van der Waals surface area contributed by atoms with Gasteiger partial charge in [0.25, 0.3) is 0 Å². The van der Waals surface area contributed by atoms with Crippen molar-refractivity contribution in [3.63, 3.8) is 0 Å². The predicted octanol–water partition coefficient (Wildman–Crippen LogP) is 2.15. The molecule has 4 heterocycles. The third kappa shape index (κ3) is 4.06. The van der Waals surface area contributed by atoms with Gasteiger partial charge in [-0.25, -0.2) is 4.39 Å². The fourth-order valence-electron chi connectivity index (χ4n) is 4.94. The van der Waals surface area contributed by atoms with Crippen LogP contribution < -0.4 is 14.2 Å². The highest BCUT2D eigenvalue weighted by Gasteiger charge is 2.49. The van der Waals surface area contributed by atoms with Gasteiger partial charge in [-0.15, -0.1) is 0 Å². The van der Waals surface area contributed by atoms with Crippen molar-refractivity contribution in [3.8, 4) is 11.9 Å². The van der Waals surface area contributed by atoms with E-state index in [-0.39, 0.29) is 28.9 Å². The van der Waals surface area contributed by atoms with Crippen LogP contribution in [-0.4, -0.2) is 61.2 Å². The van der Waals surface area contributed by atoms with Crippen molar-refractivity contribution in [2.24, 2.45) is 0 Å². The van der Waals surface area contributed by atoms with E-state index in [0.717, 1.165) is 24.9 Å². The Hall–Kier alpha value is -2.30. The van der Waals surface area contributed by atoms with Crippen LogP contribution in [0.3, 0.4) is 0 Å². The lowest BCUT2D eigenvalue weighted by Gasteiger charge is -2.31. The summed E-state index contributed by atoms with van der Waals surface area (Å²) < 4.78 is 51.2. The summed E-state index contributed by atoms with van der Waals surface area (Å²) in [5.41, 5.74) is 1.93. The maximum Gasteiger partial charge on any atom is 0.340 e. The first-order chi connectivity index (χ1) is 15.3. The van der Waals surface area contributed by atoms with Crippen molar-refractivity contribution in [3.05, 3.63) is 41.1 Å². The molecule has 0 saturated carbocycles. The van der Waals surface area contributed by atoms with Gasteiger partial charge in [-0.3, -0.25) is 4.90 Å². The standard InChI is InChI=1S/C22H27FN4O4S/c1-15-3-5-17(6-4-15)32(28,29)31-20-18-7-9-24-12-19(18)25-21(26-20)30-14-22-8-2-10-27(22)13-16(23)11-22/h3-6,16,24H,2,7-14H2,1H3/t16-,22+/m1/s1. The van der Waals surface area contributed by atoms with Gasteiger partial charge in [0.2, 0.25) is 5.88 Å². The van der Waals surface area contributed by atoms with E-state index < -0.39 is 16.3 Å². The minimum atomic E-state index is -4.06. The van der Waals surface area contributed by atoms with Crippen LogP contribution in [0.2, 0.25) is 0 Å². The fourth-order valence-corrected chi connectivity index (χ4v) is 5.85. The number of aromatic nitrogens is 2. The number of rotatable bonds is 6. The molecule has 0 amide bonds. The number of halogens is 1. The van der Waals surface area contributed by atoms with Crippen LogP contribution in [-0.2, 0) is 23.1 Å². The molecule has 0 bridgehead atoms. The first-order valence-corrected chi connectivity index (χ1v) is 12.4. The van der Waals surface area contributed by atoms with Crippen LogP contribution in [0.15, 0.2) is 29.2 Å². The summed E-state index contributed by atoms with van der Waals surface area (Å²) in [6, 6.07) is 6.52. The molecular weight excluding hydrogens is 435 g/mol. The largest absolute Gasteiger partial charge is 0.461 e. The molecule has 10 heteroatoms. The van der Waals surface area contributed by atoms with E-state index in [0.29, 0.717) is 43.7 Å². The summed E-state index contributed by atoms with van der Waals surface area (Å²) in [6.45, 7) is 4.59. The van der Waals surface area contributed by atoms with Gasteiger partial charge in [-0.2, -0.15) is 18.4 Å². The molecule has 32 heavy (non-hydrogen) atoms. The highest BCUT2D eigenvalue weighted by Crippen LogP contribution is 2.40. The molecule has 0 spiro atoms. The van der Waals surface area contributed by atoms with Crippen LogP contribution in [0, 0.1) is 6.92 Å². The molecule has 1 aromatic carbocycles. The average molecular weight is 463 g/mol. The topological polar surface area (TPSA) is 93.7 Å². The number of aryl methyl sites for hydroxylation is 1. The molecule has 5 rings (SSSR count). The van der Waals surface area contributed by atoms with Crippen molar-refractivity contribution in [1.29, 1.82) is 0 Å². The van der Waals surface area contributed by atoms with Crippen molar-refractivity contribution in [1.82, 2.24) is 20.2 Å². The monoisotopic (exact) mass is 462 g/mol. The van der Waals surface area contributed by atoms with E-state index in [1.165, 1.54) is 12.1 Å². The third-order valence-corrected chi connectivity index (χ3v) is 7.83. The number of ether oxygens (including phenoxy) is 1. The maximum absolute atomic E-state index is 14.1. The molecule has 172 valence electrons. The first kappa shape index (κ1) is 21.5. The number of hydrogen-bond acceptors (Lipinski definition) is 8. The number of hydrogen-bond donors (Lipinski definition) is 1. The van der Waals surface area contributed by atoms with Crippen LogP contribution >= 0.6 is 0 Å². The van der Waals surface area contributed by atoms with Gasteiger partial charge in [0.15, 0.2) is 0 Å². The zero-order valence-electron chi connectivity index (χ0n) is 18.0. The Morgan fingerprint density at radius 2 is 2.09 bits per heavy atom. The SMILES string of the molecule is Cc1ccc(S(=O)(=O)Oc2nc(OC[C@@]34CCCN3C[C@H](F)C4)nc3c2CCNC3)cc1. The van der Waals surface area contributed by atoms with Crippen LogP contribution in [0.4, 0.5) is 4.39 Å². The summed E-state index contributed by atoms with van der Waals surface area (Å²) in [5.74, 6) is 0.00245. The van der Waals surface area contributed by atoms with Crippen LogP contribution in [0.5, 0.6) is 11.9 Å². The van der Waals surface area contributed by atoms with E-state index in [1.54, 1.807) is 12.1 Å². The van der Waals surface area contributed by atoms with Crippen molar-refractivity contribution < 1.29 is 21.7 Å². The zero-order chi connectivity index (χ0) is 22.3. The molecule has 1 aromatic heterocycles. The van der Waals surface area contributed by atoms with E-state index in [9.17, 15) is 12.8 Å². The van der Waals surface area contributed by atoms with E-state index in [1.807, 2.05) is 6.92 Å². The lowest BCUT2D eigenvalue weighted by molar-refractivity contribution is 0.106. The molecule has 8 nitrogen and oxygen atoms in total. The van der Waals surface area contributed by atoms with Gasteiger partial charge in [-0.05, 0) is 51.4 Å². The van der Waals surface area contributed by atoms with Gasteiger partial charge in [0.1, 0.15) is 17.7 Å². The smallest absolute Gasteiger partial charge is 0.340 e. The average Bonchev–Trinajstić information content (AvgIpc) is 3.28. The molecule has 2 aromatic rings. The molecule has 0 unspecified atom stereocenters. The molecule has 2 atom stereocenters. The van der Waals surface area contributed by atoms with E-state index in [2.05, 4.69) is 20.2 Å². The normalized spacial score (nSPS) is 25.4. The number of fused-ring (bicyclic) bond motifs is 2. The van der Waals surface area contributed by atoms with Gasteiger partial charge in [0, 0.05) is 25.1 Å². The molecule has 2 saturated heterocycles. The lowest BCUT2D eigenvalue weighted by atomic mass is 9.95. The van der Waals surface area contributed by atoms with E-state index in [4.69, 9.17) is 8.92 Å². The third-order valence-electron chi connectivity index (χ3n) is 6.61. The number of nitrogens with one attached hydrogen (secondary N) is 1. The number of nitrogens with zero attached hydrogens (tertiary/aromatic N) is 3. The summed E-state index contributed by atoms with van der Waals surface area (Å²) in [5, 5.41) is 3.23. The van der Waals surface area contributed by atoms with Crippen LogP contribution in [0.1, 0.15) is 36.1 Å². The second-order valence-corrected chi connectivity index (χ2v) is 10.4. The molecular formula is C22H27FN4O4S. The lowest BCUT2D eigenvalue weighted by Crippen LogP contribution is -2.43. The summed E-state index contributed by atoms with van der Waals surface area (Å²) in [7, 11) is -4.06. The van der Waals surface area contributed by atoms with Gasteiger partial charge in [-0.1, -0.05) is 17.7 Å². The quantitative estimate of drug-likeness (QED) is 0.653. The maximum atomic E-state index is 14.1. The minimum Gasteiger partial charge on any atom is -0.461 e. The Kier molecular flexibility index (Phi) is 5.55. The molecule has 0 aliphatic carbocycles. The number of benzene rings is 1. The Balaban J connectivity index is 1.41. The Morgan fingerprint density at radius 1 is 1.28 bits per heavy atom. The Labute approximate surface area is 187 Å². The Morgan fingerprint density at radius 3 is 2.91 bits per heavy atom. The van der Waals surface area contributed by atoms with Crippen molar-refractivity contribution >= 4 is 10.1 Å². The van der Waals surface area contributed by atoms with Crippen molar-refractivity contribution in [2.45, 2.75) is 55.8 Å². The van der Waals surface area contributed by atoms with E-state index >= 15 is 0 Å². The fraction of sp³-hybridized carbons (Fsp3) is 0.545. The molecule has 3 aliphatic rings. The highest BCUT2D eigenvalue weighted by atomic mass is 32.2. The zero-order valence-corrected chi connectivity index (χ0v) is 18.8. The van der Waals surface area contributed by atoms with Crippen molar-refractivity contribution in [2.75, 3.05) is 26.2 Å². The first-order valence-electron chi connectivity index (χ1n) is 11.0.